The number of aliphatic hydroxyl groups is 1. The maximum absolute atomic E-state index is 11.7. The Kier molecular flexibility index (Phi) is 5.43. The molecule has 0 fully saturated rings. The molecule has 0 aliphatic carbocycles. The van der Waals surface area contributed by atoms with E-state index in [0.717, 1.165) is 0 Å². The summed E-state index contributed by atoms with van der Waals surface area (Å²) in [6.45, 7) is 0.688. The smallest absolute Gasteiger partial charge is 0.491 e. The van der Waals surface area contributed by atoms with Crippen LogP contribution >= 0.6 is 15.9 Å². The second-order valence-corrected chi connectivity index (χ2v) is 4.42. The van der Waals surface area contributed by atoms with Crippen molar-refractivity contribution in [3.05, 3.63) is 28.2 Å². The van der Waals surface area contributed by atoms with E-state index in [1.54, 1.807) is 25.1 Å². The average molecular weight is 329 g/mol. The molecule has 1 atom stereocenters. The predicted molar refractivity (Wildman–Crippen MR) is 62.3 cm³/mol. The molecule has 0 amide bonds. The van der Waals surface area contributed by atoms with E-state index in [2.05, 4.69) is 20.7 Å². The van der Waals surface area contributed by atoms with Crippen LogP contribution in [0.2, 0.25) is 0 Å². The normalized spacial score (nSPS) is 13.4. The molecular formula is C11H12BrF3O3. The molecule has 1 rings (SSSR count). The number of hydrogen-bond acceptors (Lipinski definition) is 3. The van der Waals surface area contributed by atoms with Gasteiger partial charge in [0.15, 0.2) is 0 Å². The van der Waals surface area contributed by atoms with E-state index >= 15 is 0 Å². The molecule has 0 unspecified atom stereocenters. The molecular weight excluding hydrogens is 317 g/mol. The van der Waals surface area contributed by atoms with E-state index in [1.807, 2.05) is 0 Å². The zero-order chi connectivity index (χ0) is 13.8. The highest BCUT2D eigenvalue weighted by atomic mass is 79.9. The van der Waals surface area contributed by atoms with Gasteiger partial charge in [-0.3, -0.25) is 4.74 Å². The summed E-state index contributed by atoms with van der Waals surface area (Å²) in [4.78, 5) is 0. The Morgan fingerprint density at radius 1 is 1.33 bits per heavy atom. The number of benzene rings is 1. The first kappa shape index (κ1) is 15.3. The molecule has 1 N–H and O–H groups in total. The van der Waals surface area contributed by atoms with E-state index in [0.29, 0.717) is 15.8 Å². The Hall–Kier alpha value is -0.790. The molecule has 1 aromatic rings. The van der Waals surface area contributed by atoms with Crippen molar-refractivity contribution in [1.29, 1.82) is 0 Å². The van der Waals surface area contributed by atoms with Crippen LogP contribution in [0.5, 0.6) is 5.75 Å². The van der Waals surface area contributed by atoms with Crippen molar-refractivity contribution in [2.75, 3.05) is 13.2 Å². The van der Waals surface area contributed by atoms with E-state index in [1.165, 1.54) is 0 Å². The highest BCUT2D eigenvalue weighted by molar-refractivity contribution is 9.10. The van der Waals surface area contributed by atoms with Crippen molar-refractivity contribution in [1.82, 2.24) is 0 Å². The third-order valence-electron chi connectivity index (χ3n) is 2.03. The van der Waals surface area contributed by atoms with Gasteiger partial charge in [-0.2, -0.15) is 0 Å². The Labute approximate surface area is 111 Å². The molecule has 0 saturated carbocycles. The summed E-state index contributed by atoms with van der Waals surface area (Å²) >= 11 is 3.21. The standard InChI is InChI=1S/C11H12BrF3O3/c1-7(16)9-3-2-8(12)6-10(9)17-4-5-18-11(13,14)15/h2-3,6-7,16H,4-5H2,1H3/t7-/m0/s1. The lowest BCUT2D eigenvalue weighted by Gasteiger charge is -2.14. The number of alkyl halides is 3. The van der Waals surface area contributed by atoms with Gasteiger partial charge < -0.3 is 9.84 Å². The van der Waals surface area contributed by atoms with Crippen molar-refractivity contribution in [2.24, 2.45) is 0 Å². The van der Waals surface area contributed by atoms with Crippen LogP contribution in [-0.4, -0.2) is 24.7 Å². The molecule has 0 aliphatic heterocycles. The zero-order valence-electron chi connectivity index (χ0n) is 9.50. The van der Waals surface area contributed by atoms with Crippen molar-refractivity contribution in [3.63, 3.8) is 0 Å². The molecule has 102 valence electrons. The minimum absolute atomic E-state index is 0.254. The summed E-state index contributed by atoms with van der Waals surface area (Å²) in [5.74, 6) is 0.324. The summed E-state index contributed by atoms with van der Waals surface area (Å²) in [5, 5.41) is 9.47. The number of ether oxygens (including phenoxy) is 2. The van der Waals surface area contributed by atoms with Crippen LogP contribution in [0.1, 0.15) is 18.6 Å². The van der Waals surface area contributed by atoms with Gasteiger partial charge in [-0.1, -0.05) is 22.0 Å². The lowest BCUT2D eigenvalue weighted by Crippen LogP contribution is -2.18. The first-order chi connectivity index (χ1) is 8.29. The lowest BCUT2D eigenvalue weighted by molar-refractivity contribution is -0.325. The number of rotatable bonds is 5. The van der Waals surface area contributed by atoms with Crippen LogP contribution in [0.4, 0.5) is 13.2 Å². The zero-order valence-corrected chi connectivity index (χ0v) is 11.1. The fraction of sp³-hybridized carbons (Fsp3) is 0.455. The van der Waals surface area contributed by atoms with Gasteiger partial charge in [-0.05, 0) is 19.1 Å². The average Bonchev–Trinajstić information content (AvgIpc) is 2.22. The number of hydrogen-bond donors (Lipinski definition) is 1. The maximum atomic E-state index is 11.7. The van der Waals surface area contributed by atoms with Gasteiger partial charge in [0.05, 0.1) is 12.7 Å². The predicted octanol–water partition coefficient (Wildman–Crippen LogP) is 3.42. The van der Waals surface area contributed by atoms with Crippen LogP contribution in [-0.2, 0) is 4.74 Å². The minimum atomic E-state index is -4.66. The van der Waals surface area contributed by atoms with Crippen LogP contribution in [0.3, 0.4) is 0 Å². The van der Waals surface area contributed by atoms with E-state index in [-0.39, 0.29) is 6.61 Å². The highest BCUT2D eigenvalue weighted by Gasteiger charge is 2.28. The molecule has 18 heavy (non-hydrogen) atoms. The highest BCUT2D eigenvalue weighted by Crippen LogP contribution is 2.28. The van der Waals surface area contributed by atoms with Gasteiger partial charge in [0.25, 0.3) is 0 Å². The largest absolute Gasteiger partial charge is 0.522 e. The summed E-state index contributed by atoms with van der Waals surface area (Å²) in [5.41, 5.74) is 0.505. The fourth-order valence-electron chi connectivity index (χ4n) is 1.29. The number of halogens is 4. The van der Waals surface area contributed by atoms with Crippen LogP contribution < -0.4 is 4.74 Å². The first-order valence-corrected chi connectivity index (χ1v) is 5.90. The van der Waals surface area contributed by atoms with Gasteiger partial charge in [0, 0.05) is 10.0 Å². The van der Waals surface area contributed by atoms with Crippen LogP contribution in [0, 0.1) is 0 Å². The molecule has 0 spiro atoms. The van der Waals surface area contributed by atoms with Crippen LogP contribution in [0.15, 0.2) is 22.7 Å². The maximum Gasteiger partial charge on any atom is 0.522 e. The summed E-state index contributed by atoms with van der Waals surface area (Å²) in [6, 6.07) is 4.92. The monoisotopic (exact) mass is 328 g/mol. The molecule has 3 nitrogen and oxygen atoms in total. The quantitative estimate of drug-likeness (QED) is 0.842. The second kappa shape index (κ2) is 6.40. The van der Waals surface area contributed by atoms with Gasteiger partial charge in [0.2, 0.25) is 0 Å². The first-order valence-electron chi connectivity index (χ1n) is 5.10. The van der Waals surface area contributed by atoms with E-state index in [9.17, 15) is 18.3 Å². The molecule has 0 bridgehead atoms. The molecule has 0 heterocycles. The Balaban J connectivity index is 2.58. The minimum Gasteiger partial charge on any atom is -0.491 e. The second-order valence-electron chi connectivity index (χ2n) is 3.50. The van der Waals surface area contributed by atoms with Gasteiger partial charge in [-0.15, -0.1) is 13.2 Å². The molecule has 0 saturated heterocycles. The van der Waals surface area contributed by atoms with Crippen molar-refractivity contribution in [3.8, 4) is 5.75 Å². The van der Waals surface area contributed by atoms with Crippen molar-refractivity contribution < 1.29 is 27.8 Å². The van der Waals surface area contributed by atoms with Gasteiger partial charge in [0.1, 0.15) is 12.4 Å². The van der Waals surface area contributed by atoms with Gasteiger partial charge in [-0.25, -0.2) is 0 Å². The molecule has 0 aliphatic rings. The van der Waals surface area contributed by atoms with Crippen LogP contribution in [0.25, 0.3) is 0 Å². The lowest BCUT2D eigenvalue weighted by atomic mass is 10.1. The van der Waals surface area contributed by atoms with E-state index < -0.39 is 19.1 Å². The third kappa shape index (κ3) is 5.24. The summed E-state index contributed by atoms with van der Waals surface area (Å²) in [7, 11) is 0. The molecule has 0 aromatic heterocycles. The Bertz CT molecular complexity index is 394. The van der Waals surface area contributed by atoms with Crippen molar-refractivity contribution >= 4 is 15.9 Å². The molecule has 7 heteroatoms. The molecule has 0 radical (unpaired) electrons. The Morgan fingerprint density at radius 2 is 2.00 bits per heavy atom. The number of aliphatic hydroxyl groups excluding tert-OH is 1. The summed E-state index contributed by atoms with van der Waals surface area (Å²) < 4.78 is 44.6. The molecule has 1 aromatic carbocycles. The fourth-order valence-corrected chi connectivity index (χ4v) is 1.63. The van der Waals surface area contributed by atoms with E-state index in [4.69, 9.17) is 4.74 Å². The van der Waals surface area contributed by atoms with Crippen molar-refractivity contribution in [2.45, 2.75) is 19.4 Å². The summed E-state index contributed by atoms with van der Waals surface area (Å²) in [6.07, 6.45) is -5.43. The van der Waals surface area contributed by atoms with Gasteiger partial charge >= 0.3 is 6.36 Å². The Morgan fingerprint density at radius 3 is 2.56 bits per heavy atom. The SMILES string of the molecule is C[C@H](O)c1ccc(Br)cc1OCCOC(F)(F)F. The third-order valence-corrected chi connectivity index (χ3v) is 2.53. The topological polar surface area (TPSA) is 38.7 Å².